The SMILES string of the molecule is C[C@H](NC(=O)Nc1cc2c(cc1Br)OCCO2)c1ncnn1-c1ncccn1. The maximum atomic E-state index is 12.5. The zero-order chi connectivity index (χ0) is 19.5. The van der Waals surface area contributed by atoms with Gasteiger partial charge in [-0.25, -0.2) is 19.7 Å². The molecule has 1 aliphatic rings. The van der Waals surface area contributed by atoms with Gasteiger partial charge in [-0.2, -0.15) is 9.78 Å². The van der Waals surface area contributed by atoms with Crippen LogP contribution in [0.3, 0.4) is 0 Å². The molecule has 2 amide bonds. The van der Waals surface area contributed by atoms with Crippen LogP contribution in [0.15, 0.2) is 41.4 Å². The molecule has 0 unspecified atom stereocenters. The number of hydrogen-bond acceptors (Lipinski definition) is 7. The van der Waals surface area contributed by atoms with Crippen LogP contribution in [0.4, 0.5) is 10.5 Å². The first-order valence-corrected chi connectivity index (χ1v) is 9.25. The minimum Gasteiger partial charge on any atom is -0.486 e. The fourth-order valence-corrected chi connectivity index (χ4v) is 3.10. The maximum Gasteiger partial charge on any atom is 0.319 e. The van der Waals surface area contributed by atoms with Gasteiger partial charge in [0.05, 0.1) is 11.7 Å². The Hall–Kier alpha value is -3.21. The number of amides is 2. The lowest BCUT2D eigenvalue weighted by atomic mass is 10.2. The molecule has 1 aliphatic heterocycles. The number of hydrogen-bond donors (Lipinski definition) is 2. The largest absolute Gasteiger partial charge is 0.486 e. The van der Waals surface area contributed by atoms with Gasteiger partial charge in [-0.1, -0.05) is 0 Å². The van der Waals surface area contributed by atoms with Crippen molar-refractivity contribution in [2.24, 2.45) is 0 Å². The van der Waals surface area contributed by atoms with Gasteiger partial charge >= 0.3 is 6.03 Å². The Balaban J connectivity index is 1.47. The number of urea groups is 1. The van der Waals surface area contributed by atoms with E-state index in [0.29, 0.717) is 46.6 Å². The van der Waals surface area contributed by atoms with Crippen LogP contribution in [-0.2, 0) is 0 Å². The number of carbonyl (C=O) groups is 1. The molecular weight excluding hydrogens is 430 g/mol. The molecule has 0 fully saturated rings. The van der Waals surface area contributed by atoms with E-state index in [1.54, 1.807) is 37.5 Å². The zero-order valence-corrected chi connectivity index (χ0v) is 16.4. The van der Waals surface area contributed by atoms with E-state index in [1.165, 1.54) is 11.0 Å². The van der Waals surface area contributed by atoms with Crippen LogP contribution in [0.5, 0.6) is 11.5 Å². The van der Waals surface area contributed by atoms with Crippen LogP contribution >= 0.6 is 15.9 Å². The lowest BCUT2D eigenvalue weighted by molar-refractivity contribution is 0.171. The van der Waals surface area contributed by atoms with Crippen molar-refractivity contribution in [3.8, 4) is 17.4 Å². The van der Waals surface area contributed by atoms with Crippen LogP contribution in [-0.4, -0.2) is 44.0 Å². The Morgan fingerprint density at radius 3 is 2.64 bits per heavy atom. The van der Waals surface area contributed by atoms with E-state index in [-0.39, 0.29) is 0 Å². The first-order chi connectivity index (χ1) is 13.6. The van der Waals surface area contributed by atoms with Crippen molar-refractivity contribution < 1.29 is 14.3 Å². The minimum atomic E-state index is -0.442. The first-order valence-electron chi connectivity index (χ1n) is 8.46. The number of rotatable bonds is 4. The van der Waals surface area contributed by atoms with Gasteiger partial charge in [-0.15, -0.1) is 0 Å². The molecular formula is C17H16BrN7O3. The predicted octanol–water partition coefficient (Wildman–Crippen LogP) is 2.47. The summed E-state index contributed by atoms with van der Waals surface area (Å²) < 4.78 is 13.2. The number of nitrogens with zero attached hydrogens (tertiary/aromatic N) is 5. The fraction of sp³-hybridized carbons (Fsp3) is 0.235. The van der Waals surface area contributed by atoms with Crippen molar-refractivity contribution in [2.45, 2.75) is 13.0 Å². The van der Waals surface area contributed by atoms with E-state index < -0.39 is 12.1 Å². The third-order valence-corrected chi connectivity index (χ3v) is 4.59. The van der Waals surface area contributed by atoms with E-state index in [0.717, 1.165) is 0 Å². The Labute approximate surface area is 168 Å². The summed E-state index contributed by atoms with van der Waals surface area (Å²) in [6.45, 7) is 2.76. The quantitative estimate of drug-likeness (QED) is 0.633. The molecule has 144 valence electrons. The number of aromatic nitrogens is 5. The predicted molar refractivity (Wildman–Crippen MR) is 103 cm³/mol. The summed E-state index contributed by atoms with van der Waals surface area (Å²) in [7, 11) is 0. The Morgan fingerprint density at radius 1 is 1.18 bits per heavy atom. The van der Waals surface area contributed by atoms with Gasteiger partial charge < -0.3 is 20.1 Å². The van der Waals surface area contributed by atoms with Gasteiger partial charge in [0.15, 0.2) is 17.3 Å². The molecule has 0 saturated carbocycles. The van der Waals surface area contributed by atoms with E-state index in [1.807, 2.05) is 0 Å². The molecule has 28 heavy (non-hydrogen) atoms. The molecule has 2 N–H and O–H groups in total. The summed E-state index contributed by atoms with van der Waals surface area (Å²) in [6.07, 6.45) is 4.61. The molecule has 3 heterocycles. The minimum absolute atomic E-state index is 0.374. The average molecular weight is 446 g/mol. The van der Waals surface area contributed by atoms with Crippen molar-refractivity contribution in [2.75, 3.05) is 18.5 Å². The van der Waals surface area contributed by atoms with E-state index in [2.05, 4.69) is 46.6 Å². The Bertz CT molecular complexity index is 996. The number of nitrogens with one attached hydrogen (secondary N) is 2. The topological polar surface area (TPSA) is 116 Å². The van der Waals surface area contributed by atoms with E-state index in [4.69, 9.17) is 9.47 Å². The Kier molecular flexibility index (Phi) is 5.06. The molecule has 4 rings (SSSR count). The molecule has 11 heteroatoms. The highest BCUT2D eigenvalue weighted by atomic mass is 79.9. The monoisotopic (exact) mass is 445 g/mol. The Morgan fingerprint density at radius 2 is 1.89 bits per heavy atom. The number of halogens is 1. The van der Waals surface area contributed by atoms with Gasteiger partial charge in [-0.3, -0.25) is 0 Å². The van der Waals surface area contributed by atoms with Crippen molar-refractivity contribution in [1.29, 1.82) is 0 Å². The van der Waals surface area contributed by atoms with Crippen LogP contribution in [0.1, 0.15) is 18.8 Å². The number of fused-ring (bicyclic) bond motifs is 1. The van der Waals surface area contributed by atoms with Crippen LogP contribution in [0.2, 0.25) is 0 Å². The molecule has 0 bridgehead atoms. The zero-order valence-electron chi connectivity index (χ0n) is 14.8. The third kappa shape index (κ3) is 3.74. The molecule has 1 aromatic carbocycles. The van der Waals surface area contributed by atoms with Crippen molar-refractivity contribution in [3.05, 3.63) is 47.2 Å². The molecule has 2 aromatic heterocycles. The highest BCUT2D eigenvalue weighted by molar-refractivity contribution is 9.10. The molecule has 0 aliphatic carbocycles. The molecule has 10 nitrogen and oxygen atoms in total. The summed E-state index contributed by atoms with van der Waals surface area (Å²) in [6, 6.07) is 4.33. The van der Waals surface area contributed by atoms with Gasteiger partial charge in [0.1, 0.15) is 19.5 Å². The van der Waals surface area contributed by atoms with Crippen LogP contribution in [0, 0.1) is 0 Å². The van der Waals surface area contributed by atoms with Crippen molar-refractivity contribution in [1.82, 2.24) is 30.0 Å². The molecule has 0 spiro atoms. The van der Waals surface area contributed by atoms with Crippen LogP contribution in [0.25, 0.3) is 5.95 Å². The highest BCUT2D eigenvalue weighted by Gasteiger charge is 2.20. The van der Waals surface area contributed by atoms with Gasteiger partial charge in [-0.05, 0) is 28.9 Å². The number of anilines is 1. The lowest BCUT2D eigenvalue weighted by Crippen LogP contribution is -2.33. The molecule has 1 atom stereocenters. The smallest absolute Gasteiger partial charge is 0.319 e. The molecule has 3 aromatic rings. The van der Waals surface area contributed by atoms with E-state index in [9.17, 15) is 4.79 Å². The highest BCUT2D eigenvalue weighted by Crippen LogP contribution is 2.38. The second kappa shape index (κ2) is 7.80. The third-order valence-electron chi connectivity index (χ3n) is 3.93. The standard InChI is InChI=1S/C17H16BrN7O3/c1-10(15-21-9-22-25(15)16-19-3-2-4-20-16)23-17(26)24-12-8-14-13(7-11(12)18)27-5-6-28-14/h2-4,7-10H,5-6H2,1H3,(H2,23,24,26)/t10-/m0/s1. The summed E-state index contributed by atoms with van der Waals surface area (Å²) in [4.78, 5) is 25.0. The van der Waals surface area contributed by atoms with Gasteiger partial charge in [0.2, 0.25) is 0 Å². The fourth-order valence-electron chi connectivity index (χ4n) is 2.68. The molecule has 0 radical (unpaired) electrons. The summed E-state index contributed by atoms with van der Waals surface area (Å²) >= 11 is 3.43. The number of ether oxygens (including phenoxy) is 2. The normalized spacial score (nSPS) is 13.6. The van der Waals surface area contributed by atoms with Crippen LogP contribution < -0.4 is 20.1 Å². The van der Waals surface area contributed by atoms with Gasteiger partial charge in [0.25, 0.3) is 5.95 Å². The maximum absolute atomic E-state index is 12.5. The lowest BCUT2D eigenvalue weighted by Gasteiger charge is -2.20. The van der Waals surface area contributed by atoms with Crippen molar-refractivity contribution >= 4 is 27.6 Å². The second-order valence-corrected chi connectivity index (χ2v) is 6.73. The number of carbonyl (C=O) groups excluding carboxylic acids is 1. The summed E-state index contributed by atoms with van der Waals surface area (Å²) in [5.74, 6) is 2.09. The summed E-state index contributed by atoms with van der Waals surface area (Å²) in [5, 5.41) is 9.75. The first kappa shape index (κ1) is 18.2. The van der Waals surface area contributed by atoms with Gasteiger partial charge in [0, 0.05) is 29.0 Å². The molecule has 0 saturated heterocycles. The van der Waals surface area contributed by atoms with Crippen molar-refractivity contribution in [3.63, 3.8) is 0 Å². The second-order valence-electron chi connectivity index (χ2n) is 5.87. The average Bonchev–Trinajstić information content (AvgIpc) is 3.19. The summed E-state index contributed by atoms with van der Waals surface area (Å²) in [5.41, 5.74) is 0.557. The number of benzene rings is 1. The van der Waals surface area contributed by atoms with E-state index >= 15 is 0 Å².